The molecular formula is C28H25N7O2. The molecule has 0 aliphatic carbocycles. The number of nitrogens with one attached hydrogen (secondary N) is 4. The number of rotatable bonds is 5. The lowest BCUT2D eigenvalue weighted by atomic mass is 9.97. The van der Waals surface area contributed by atoms with Gasteiger partial charge in [-0.1, -0.05) is 30.3 Å². The minimum atomic E-state index is -0.367. The molecule has 2 aromatic heterocycles. The number of urea groups is 1. The summed E-state index contributed by atoms with van der Waals surface area (Å²) in [7, 11) is 0. The summed E-state index contributed by atoms with van der Waals surface area (Å²) in [6.07, 6.45) is 3.49. The second-order valence-corrected chi connectivity index (χ2v) is 9.27. The molecule has 3 heterocycles. The first-order chi connectivity index (χ1) is 18.0. The predicted molar refractivity (Wildman–Crippen MR) is 143 cm³/mol. The van der Waals surface area contributed by atoms with E-state index in [4.69, 9.17) is 5.10 Å². The van der Waals surface area contributed by atoms with E-state index in [0.29, 0.717) is 29.2 Å². The number of nitrogens with zero attached hydrogens (tertiary/aromatic N) is 3. The molecule has 37 heavy (non-hydrogen) atoms. The Kier molecular flexibility index (Phi) is 5.45. The summed E-state index contributed by atoms with van der Waals surface area (Å²) in [4.78, 5) is 32.4. The average molecular weight is 492 g/mol. The molecule has 0 saturated carbocycles. The van der Waals surface area contributed by atoms with Crippen molar-refractivity contribution in [3.63, 3.8) is 0 Å². The van der Waals surface area contributed by atoms with Crippen molar-refractivity contribution < 1.29 is 9.59 Å². The van der Waals surface area contributed by atoms with E-state index in [1.54, 1.807) is 6.33 Å². The van der Waals surface area contributed by atoms with E-state index < -0.39 is 0 Å². The maximum absolute atomic E-state index is 12.9. The molecule has 9 nitrogen and oxygen atoms in total. The van der Waals surface area contributed by atoms with E-state index in [1.807, 2.05) is 85.4 Å². The summed E-state index contributed by atoms with van der Waals surface area (Å²) < 4.78 is 1.83. The first kappa shape index (κ1) is 22.5. The van der Waals surface area contributed by atoms with Crippen molar-refractivity contribution in [2.75, 3.05) is 10.6 Å². The fourth-order valence-electron chi connectivity index (χ4n) is 4.58. The number of hydrogen-bond donors (Lipinski definition) is 4. The normalized spacial score (nSPS) is 12.6. The lowest BCUT2D eigenvalue weighted by Gasteiger charge is -2.10. The Morgan fingerprint density at radius 2 is 1.78 bits per heavy atom. The van der Waals surface area contributed by atoms with Crippen LogP contribution in [0.1, 0.15) is 35.8 Å². The molecule has 6 rings (SSSR count). The number of aromatic amines is 1. The van der Waals surface area contributed by atoms with Crippen molar-refractivity contribution in [2.45, 2.75) is 26.4 Å². The zero-order valence-electron chi connectivity index (χ0n) is 20.4. The van der Waals surface area contributed by atoms with E-state index >= 15 is 0 Å². The number of anilines is 2. The number of imidazole rings is 1. The summed E-state index contributed by atoms with van der Waals surface area (Å²) >= 11 is 0. The van der Waals surface area contributed by atoms with Gasteiger partial charge in [-0.3, -0.25) is 9.48 Å². The second kappa shape index (κ2) is 8.94. The van der Waals surface area contributed by atoms with Crippen LogP contribution in [-0.4, -0.2) is 31.7 Å². The monoisotopic (exact) mass is 491 g/mol. The molecular weight excluding hydrogens is 466 g/mol. The van der Waals surface area contributed by atoms with Gasteiger partial charge in [0, 0.05) is 35.6 Å². The second-order valence-electron chi connectivity index (χ2n) is 9.27. The van der Waals surface area contributed by atoms with Gasteiger partial charge in [0.2, 0.25) is 0 Å². The molecule has 5 aromatic rings. The van der Waals surface area contributed by atoms with Crippen LogP contribution < -0.4 is 16.0 Å². The maximum Gasteiger partial charge on any atom is 0.323 e. The molecule has 4 N–H and O–H groups in total. The Labute approximate surface area is 212 Å². The van der Waals surface area contributed by atoms with Gasteiger partial charge in [-0.05, 0) is 60.9 Å². The number of carbonyl (C=O) groups excluding carboxylic acids is 2. The number of H-pyrrole nitrogens is 1. The van der Waals surface area contributed by atoms with Crippen LogP contribution in [0.5, 0.6) is 0 Å². The van der Waals surface area contributed by atoms with E-state index in [0.717, 1.165) is 33.3 Å². The van der Waals surface area contributed by atoms with Gasteiger partial charge in [-0.25, -0.2) is 9.78 Å². The fraction of sp³-hybridized carbons (Fsp3) is 0.143. The lowest BCUT2D eigenvalue weighted by molar-refractivity contribution is 0.0965. The molecule has 0 unspecified atom stereocenters. The Morgan fingerprint density at radius 3 is 2.59 bits per heavy atom. The van der Waals surface area contributed by atoms with Crippen LogP contribution in [0.4, 0.5) is 16.2 Å². The summed E-state index contributed by atoms with van der Waals surface area (Å²) in [5, 5.41) is 13.4. The number of fused-ring (bicyclic) bond motifs is 2. The van der Waals surface area contributed by atoms with Crippen LogP contribution in [0.3, 0.4) is 0 Å². The number of amides is 3. The smallest absolute Gasteiger partial charge is 0.323 e. The molecule has 9 heteroatoms. The van der Waals surface area contributed by atoms with E-state index in [-0.39, 0.29) is 18.0 Å². The summed E-state index contributed by atoms with van der Waals surface area (Å²) in [6, 6.07) is 18.9. The van der Waals surface area contributed by atoms with Crippen molar-refractivity contribution in [1.82, 2.24) is 25.1 Å². The van der Waals surface area contributed by atoms with Crippen molar-refractivity contribution in [2.24, 2.45) is 0 Å². The Morgan fingerprint density at radius 1 is 1.00 bits per heavy atom. The Balaban J connectivity index is 1.22. The molecule has 1 aliphatic heterocycles. The van der Waals surface area contributed by atoms with Crippen molar-refractivity contribution in [1.29, 1.82) is 0 Å². The van der Waals surface area contributed by atoms with E-state index in [1.165, 1.54) is 0 Å². The zero-order valence-corrected chi connectivity index (χ0v) is 20.4. The molecule has 3 aromatic carbocycles. The highest BCUT2D eigenvalue weighted by atomic mass is 16.2. The van der Waals surface area contributed by atoms with Crippen LogP contribution in [-0.2, 0) is 6.54 Å². The van der Waals surface area contributed by atoms with E-state index in [2.05, 4.69) is 25.9 Å². The molecule has 0 spiro atoms. The third-order valence-corrected chi connectivity index (χ3v) is 6.50. The highest BCUT2D eigenvalue weighted by Gasteiger charge is 2.22. The number of carbonyl (C=O) groups is 2. The molecule has 0 bridgehead atoms. The largest absolute Gasteiger partial charge is 0.348 e. The summed E-state index contributed by atoms with van der Waals surface area (Å²) in [5.74, 6) is -0.0451. The van der Waals surface area contributed by atoms with Crippen LogP contribution >= 0.6 is 0 Å². The third-order valence-electron chi connectivity index (χ3n) is 6.50. The molecule has 184 valence electrons. The van der Waals surface area contributed by atoms with Gasteiger partial charge in [0.25, 0.3) is 5.91 Å². The van der Waals surface area contributed by atoms with Crippen molar-refractivity contribution in [3.8, 4) is 22.4 Å². The molecule has 0 atom stereocenters. The van der Waals surface area contributed by atoms with Crippen molar-refractivity contribution in [3.05, 3.63) is 84.3 Å². The minimum Gasteiger partial charge on any atom is -0.348 e. The number of benzene rings is 3. The first-order valence-corrected chi connectivity index (χ1v) is 12.1. The van der Waals surface area contributed by atoms with Crippen LogP contribution in [0.2, 0.25) is 0 Å². The Hall–Kier alpha value is -4.92. The SMILES string of the molecule is CC(C)n1cc(NC(=O)Nc2ccc(-c3cccc4c3CNC4=O)cc2)c(-c2ccc3[nH]cnc3c2)n1. The van der Waals surface area contributed by atoms with Crippen LogP contribution in [0.15, 0.2) is 73.2 Å². The highest BCUT2D eigenvalue weighted by molar-refractivity contribution is 6.03. The van der Waals surface area contributed by atoms with Crippen molar-refractivity contribution >= 4 is 34.3 Å². The summed E-state index contributed by atoms with van der Waals surface area (Å²) in [6.45, 7) is 4.59. The summed E-state index contributed by atoms with van der Waals surface area (Å²) in [5.41, 5.74) is 8.25. The quantitative estimate of drug-likeness (QED) is 0.257. The van der Waals surface area contributed by atoms with Gasteiger partial charge in [-0.2, -0.15) is 5.10 Å². The molecule has 0 fully saturated rings. The average Bonchev–Trinajstić information content (AvgIpc) is 3.63. The topological polar surface area (TPSA) is 117 Å². The predicted octanol–water partition coefficient (Wildman–Crippen LogP) is 5.56. The fourth-order valence-corrected chi connectivity index (χ4v) is 4.58. The van der Waals surface area contributed by atoms with Gasteiger partial charge in [0.1, 0.15) is 5.69 Å². The van der Waals surface area contributed by atoms with Crippen LogP contribution in [0.25, 0.3) is 33.4 Å². The maximum atomic E-state index is 12.9. The molecule has 0 radical (unpaired) electrons. The third kappa shape index (κ3) is 4.20. The lowest BCUT2D eigenvalue weighted by Crippen LogP contribution is -2.19. The molecule has 0 saturated heterocycles. The van der Waals surface area contributed by atoms with Gasteiger partial charge in [0.05, 0.1) is 23.0 Å². The van der Waals surface area contributed by atoms with Crippen LogP contribution in [0, 0.1) is 0 Å². The molecule has 3 amide bonds. The minimum absolute atomic E-state index is 0.0451. The molecule has 1 aliphatic rings. The first-order valence-electron chi connectivity index (χ1n) is 12.1. The van der Waals surface area contributed by atoms with Gasteiger partial charge in [-0.15, -0.1) is 0 Å². The standard InChI is InChI=1S/C28H25N7O2/c1-16(2)35-14-25(26(34-35)18-8-11-23-24(12-18)31-15-30-23)33-28(37)32-19-9-6-17(7-10-19)20-4-3-5-21-22(20)13-29-27(21)36/h3-12,14-16H,13H2,1-2H3,(H,29,36)(H,30,31)(H2,32,33,37). The van der Waals surface area contributed by atoms with Gasteiger partial charge >= 0.3 is 6.03 Å². The van der Waals surface area contributed by atoms with E-state index in [9.17, 15) is 9.59 Å². The van der Waals surface area contributed by atoms with Gasteiger partial charge < -0.3 is 20.9 Å². The van der Waals surface area contributed by atoms with Gasteiger partial charge in [0.15, 0.2) is 0 Å². The number of hydrogen-bond acceptors (Lipinski definition) is 4. The Bertz CT molecular complexity index is 1650. The zero-order chi connectivity index (χ0) is 25.5. The highest BCUT2D eigenvalue weighted by Crippen LogP contribution is 2.31. The number of aromatic nitrogens is 4.